The Morgan fingerprint density at radius 1 is 0.839 bits per heavy atom. The summed E-state index contributed by atoms with van der Waals surface area (Å²) < 4.78 is 0. The maximum absolute atomic E-state index is 12.8. The molecule has 0 radical (unpaired) electrons. The number of benzene rings is 2. The van der Waals surface area contributed by atoms with Gasteiger partial charge in [0.1, 0.15) is 0 Å². The third-order valence-electron chi connectivity index (χ3n) is 4.58. The summed E-state index contributed by atoms with van der Waals surface area (Å²) in [5.74, 6) is -0.430. The van der Waals surface area contributed by atoms with Gasteiger partial charge in [0, 0.05) is 42.1 Å². The van der Waals surface area contributed by atoms with E-state index in [0.717, 1.165) is 25.9 Å². The van der Waals surface area contributed by atoms with Crippen molar-refractivity contribution in [2.75, 3.05) is 36.8 Å². The van der Waals surface area contributed by atoms with Gasteiger partial charge in [0.25, 0.3) is 11.8 Å². The normalized spacial score (nSPS) is 10.3. The Balaban J connectivity index is 1.97. The van der Waals surface area contributed by atoms with E-state index in [1.165, 1.54) is 0 Å². The molecular weight excluding hydrogens is 392 g/mol. The predicted molar refractivity (Wildman–Crippen MR) is 124 cm³/mol. The Labute approximate surface area is 184 Å². The number of nitrogens with one attached hydrogen (secondary N) is 3. The molecule has 0 fully saturated rings. The largest absolute Gasteiger partial charge is 0.376 e. The quantitative estimate of drug-likeness (QED) is 0.512. The molecule has 2 rings (SSSR count). The number of hydrogen-bond acceptors (Lipinski definition) is 4. The smallest absolute Gasteiger partial charge is 0.253 e. The highest BCUT2D eigenvalue weighted by Crippen LogP contribution is 2.14. The minimum Gasteiger partial charge on any atom is -0.376 e. The molecule has 0 saturated carbocycles. The fourth-order valence-electron chi connectivity index (χ4n) is 3.19. The van der Waals surface area contributed by atoms with Crippen molar-refractivity contribution in [3.63, 3.8) is 0 Å². The molecule has 2 aromatic rings. The molecule has 0 aliphatic carbocycles. The highest BCUT2D eigenvalue weighted by molar-refractivity contribution is 5.98. The summed E-state index contributed by atoms with van der Waals surface area (Å²) in [7, 11) is 0. The van der Waals surface area contributed by atoms with Gasteiger partial charge in [-0.25, -0.2) is 0 Å². The number of amides is 3. The van der Waals surface area contributed by atoms with Crippen molar-refractivity contribution in [3.05, 3.63) is 59.7 Å². The molecule has 0 unspecified atom stereocenters. The summed E-state index contributed by atoms with van der Waals surface area (Å²) >= 11 is 0. The lowest BCUT2D eigenvalue weighted by Crippen LogP contribution is -2.32. The molecule has 0 saturated heterocycles. The first kappa shape index (κ1) is 23.9. The molecule has 3 amide bonds. The fourth-order valence-corrected chi connectivity index (χ4v) is 3.19. The SMILES string of the molecule is CCCN(CCC)C(=O)c1cccc(NCC(=O)Nc2cccc(C(=O)NCC)c2)c1. The molecule has 3 N–H and O–H groups in total. The van der Waals surface area contributed by atoms with Crippen LogP contribution in [0.5, 0.6) is 0 Å². The molecule has 0 bridgehead atoms. The average Bonchev–Trinajstić information content (AvgIpc) is 2.77. The van der Waals surface area contributed by atoms with Gasteiger partial charge in [-0.1, -0.05) is 26.0 Å². The first-order valence-electron chi connectivity index (χ1n) is 10.8. The van der Waals surface area contributed by atoms with Crippen LogP contribution in [0.2, 0.25) is 0 Å². The van der Waals surface area contributed by atoms with Crippen molar-refractivity contribution < 1.29 is 14.4 Å². The van der Waals surface area contributed by atoms with Gasteiger partial charge in [0.2, 0.25) is 5.91 Å². The summed E-state index contributed by atoms with van der Waals surface area (Å²) in [5.41, 5.74) is 2.34. The third-order valence-corrected chi connectivity index (χ3v) is 4.58. The van der Waals surface area contributed by atoms with Gasteiger partial charge in [-0.2, -0.15) is 0 Å². The van der Waals surface area contributed by atoms with Crippen molar-refractivity contribution in [3.8, 4) is 0 Å². The van der Waals surface area contributed by atoms with E-state index in [2.05, 4.69) is 29.8 Å². The summed E-state index contributed by atoms with van der Waals surface area (Å²) in [6.45, 7) is 7.98. The Kier molecular flexibility index (Phi) is 9.55. The first-order valence-corrected chi connectivity index (χ1v) is 10.8. The van der Waals surface area contributed by atoms with Gasteiger partial charge in [-0.3, -0.25) is 14.4 Å². The molecule has 7 nitrogen and oxygen atoms in total. The number of anilines is 2. The van der Waals surface area contributed by atoms with E-state index in [9.17, 15) is 14.4 Å². The van der Waals surface area contributed by atoms with Crippen LogP contribution < -0.4 is 16.0 Å². The van der Waals surface area contributed by atoms with Gasteiger partial charge in [-0.05, 0) is 56.2 Å². The Hall–Kier alpha value is -3.35. The van der Waals surface area contributed by atoms with Gasteiger partial charge in [0.05, 0.1) is 6.54 Å². The van der Waals surface area contributed by atoms with E-state index in [4.69, 9.17) is 0 Å². The number of rotatable bonds is 11. The lowest BCUT2D eigenvalue weighted by Gasteiger charge is -2.21. The van der Waals surface area contributed by atoms with E-state index >= 15 is 0 Å². The van der Waals surface area contributed by atoms with Crippen LogP contribution in [0.15, 0.2) is 48.5 Å². The van der Waals surface area contributed by atoms with Crippen LogP contribution in [0.1, 0.15) is 54.3 Å². The van der Waals surface area contributed by atoms with E-state index < -0.39 is 0 Å². The van der Waals surface area contributed by atoms with Crippen molar-refractivity contribution in [1.82, 2.24) is 10.2 Å². The molecule has 2 aromatic carbocycles. The standard InChI is InChI=1S/C24H32N4O3/c1-4-13-28(14-5-2)24(31)19-10-8-11-20(16-19)26-17-22(29)27-21-12-7-9-18(15-21)23(30)25-6-3/h7-12,15-16,26H,4-6,13-14,17H2,1-3H3,(H,25,30)(H,27,29). The minimum absolute atomic E-state index is 0.000952. The highest BCUT2D eigenvalue weighted by atomic mass is 16.2. The van der Waals surface area contributed by atoms with E-state index in [-0.39, 0.29) is 24.3 Å². The van der Waals surface area contributed by atoms with Crippen LogP contribution in [0.3, 0.4) is 0 Å². The molecule has 0 aromatic heterocycles. The molecule has 0 aliphatic heterocycles. The molecule has 7 heteroatoms. The number of carbonyl (C=O) groups is 3. The third kappa shape index (κ3) is 7.44. The maximum Gasteiger partial charge on any atom is 0.253 e. The van der Waals surface area contributed by atoms with Crippen molar-refractivity contribution in [2.45, 2.75) is 33.6 Å². The zero-order valence-electron chi connectivity index (χ0n) is 18.5. The summed E-state index contributed by atoms with van der Waals surface area (Å²) in [4.78, 5) is 38.9. The second-order valence-electron chi connectivity index (χ2n) is 7.21. The summed E-state index contributed by atoms with van der Waals surface area (Å²) in [5, 5.41) is 8.57. The van der Waals surface area contributed by atoms with Crippen LogP contribution in [-0.2, 0) is 4.79 Å². The van der Waals surface area contributed by atoms with Gasteiger partial charge < -0.3 is 20.9 Å². The zero-order chi connectivity index (χ0) is 22.6. The van der Waals surface area contributed by atoms with Gasteiger partial charge in [0.15, 0.2) is 0 Å². The van der Waals surface area contributed by atoms with Crippen molar-refractivity contribution in [1.29, 1.82) is 0 Å². The zero-order valence-corrected chi connectivity index (χ0v) is 18.5. The minimum atomic E-state index is -0.247. The second-order valence-corrected chi connectivity index (χ2v) is 7.21. The van der Waals surface area contributed by atoms with Crippen LogP contribution in [0.25, 0.3) is 0 Å². The summed E-state index contributed by atoms with van der Waals surface area (Å²) in [6, 6.07) is 14.0. The van der Waals surface area contributed by atoms with E-state index in [0.29, 0.717) is 29.0 Å². The lowest BCUT2D eigenvalue weighted by molar-refractivity contribution is -0.114. The Bertz CT molecular complexity index is 892. The first-order chi connectivity index (χ1) is 15.0. The molecule has 0 spiro atoms. The highest BCUT2D eigenvalue weighted by Gasteiger charge is 2.14. The fraction of sp³-hybridized carbons (Fsp3) is 0.375. The maximum atomic E-state index is 12.8. The van der Waals surface area contributed by atoms with Crippen LogP contribution >= 0.6 is 0 Å². The Morgan fingerprint density at radius 3 is 2.10 bits per heavy atom. The monoisotopic (exact) mass is 424 g/mol. The predicted octanol–water partition coefficient (Wildman–Crippen LogP) is 3.75. The summed E-state index contributed by atoms with van der Waals surface area (Å²) in [6.07, 6.45) is 1.82. The number of hydrogen-bond donors (Lipinski definition) is 3. The number of nitrogens with zero attached hydrogens (tertiary/aromatic N) is 1. The van der Waals surface area contributed by atoms with Gasteiger partial charge in [-0.15, -0.1) is 0 Å². The van der Waals surface area contributed by atoms with E-state index in [1.807, 2.05) is 17.9 Å². The van der Waals surface area contributed by atoms with Crippen molar-refractivity contribution >= 4 is 29.1 Å². The topological polar surface area (TPSA) is 90.5 Å². The van der Waals surface area contributed by atoms with Crippen LogP contribution in [0, 0.1) is 0 Å². The van der Waals surface area contributed by atoms with Crippen molar-refractivity contribution in [2.24, 2.45) is 0 Å². The average molecular weight is 425 g/mol. The van der Waals surface area contributed by atoms with Crippen LogP contribution in [-0.4, -0.2) is 48.8 Å². The van der Waals surface area contributed by atoms with Crippen LogP contribution in [0.4, 0.5) is 11.4 Å². The molecule has 31 heavy (non-hydrogen) atoms. The lowest BCUT2D eigenvalue weighted by atomic mass is 10.1. The molecular formula is C24H32N4O3. The Morgan fingerprint density at radius 2 is 1.45 bits per heavy atom. The second kappa shape index (κ2) is 12.4. The van der Waals surface area contributed by atoms with Gasteiger partial charge >= 0.3 is 0 Å². The molecule has 0 atom stereocenters. The molecule has 0 heterocycles. The van der Waals surface area contributed by atoms with E-state index in [1.54, 1.807) is 42.5 Å². The molecule has 0 aliphatic rings. The number of carbonyl (C=O) groups excluding carboxylic acids is 3. The molecule has 166 valence electrons.